The second-order valence-electron chi connectivity index (χ2n) is 19.7. The Bertz CT molecular complexity index is 1770. The number of aliphatic hydroxyl groups is 2. The molecule has 0 bridgehead atoms. The van der Waals surface area contributed by atoms with Gasteiger partial charge in [0.2, 0.25) is 5.79 Å². The number of methoxy groups -OCH3 is 3. The first-order valence-electron chi connectivity index (χ1n) is 24.8. The predicted molar refractivity (Wildman–Crippen MR) is 257 cm³/mol. The molecule has 0 aromatic rings. The standard InChI is InChI=1S/C53H83NO14/c1-34(26-38(5)45(58)33-63-8)16-12-11-13-17-36(3)47(64-9)30-42-21-19-40(7)53(62,68-42)50(59)51(60)54-23-15-14-18-43(54)52(61)67-48(31-44(57)37(4)27-35(2)32-56)39(6)28-41-20-22-46(66-25-24-55)49(29-41)65-10/h11-13,16-17,27,32,34,37-43,46-49,55,62H,14-15,18-26,28-31,33H2,1-10H3/b13-11+,16-12+,35-27?,36-17+/t34-,37-,38-,39-,40-,41+,42+,43+,46-,47+,48+,49-,53-/m1/s1. The molecule has 2 N–H and O–H groups in total. The molecule has 1 saturated carbocycles. The molecule has 68 heavy (non-hydrogen) atoms. The van der Waals surface area contributed by atoms with Crippen LogP contribution in [0.1, 0.15) is 126 Å². The molecule has 13 atom stereocenters. The summed E-state index contributed by atoms with van der Waals surface area (Å²) in [5.41, 5.74) is 1.30. The lowest BCUT2D eigenvalue weighted by atomic mass is 9.78. The van der Waals surface area contributed by atoms with Gasteiger partial charge < -0.3 is 43.5 Å². The molecule has 0 spiro atoms. The van der Waals surface area contributed by atoms with Crippen molar-refractivity contribution >= 4 is 35.5 Å². The minimum atomic E-state index is -2.44. The molecule has 2 aliphatic heterocycles. The summed E-state index contributed by atoms with van der Waals surface area (Å²) >= 11 is 0. The molecule has 2 saturated heterocycles. The van der Waals surface area contributed by atoms with Crippen molar-refractivity contribution in [1.29, 1.82) is 0 Å². The lowest BCUT2D eigenvalue weighted by Gasteiger charge is -2.42. The lowest BCUT2D eigenvalue weighted by Crippen LogP contribution is -2.61. The summed E-state index contributed by atoms with van der Waals surface area (Å²) in [6, 6.07) is -1.12. The minimum absolute atomic E-state index is 0.0787. The van der Waals surface area contributed by atoms with E-state index in [1.165, 1.54) is 12.0 Å². The number of nitrogens with zero attached hydrogens (tertiary/aromatic N) is 1. The van der Waals surface area contributed by atoms with Crippen molar-refractivity contribution in [2.45, 2.75) is 168 Å². The van der Waals surface area contributed by atoms with E-state index in [-0.39, 0.29) is 86.7 Å². The molecule has 2 heterocycles. The van der Waals surface area contributed by atoms with Gasteiger partial charge in [-0.05, 0) is 107 Å². The monoisotopic (exact) mass is 958 g/mol. The van der Waals surface area contributed by atoms with Gasteiger partial charge in [-0.15, -0.1) is 0 Å². The maximum absolute atomic E-state index is 14.3. The number of allylic oxidation sites excluding steroid dienone is 7. The fourth-order valence-electron chi connectivity index (χ4n) is 9.81. The maximum atomic E-state index is 14.3. The van der Waals surface area contributed by atoms with E-state index >= 15 is 0 Å². The average molecular weight is 958 g/mol. The SMILES string of the molecule is COCC(=O)[C@H](C)C[C@H](C)/C=C/C=C/C=C(\C)[C@H](C[C@@H]1CC[C@@H](C)[C@](O)(C(=O)C(=O)N2CCCC[C@H]2C(=O)O[C@@H](CC(=O)[C@H](C)C=C(C)C=O)[C@H](C)C[C@@H]2CC[C@@H](OCCO)[C@H](OC)C2)O1)OC. The highest BCUT2D eigenvalue weighted by atomic mass is 16.6. The molecule has 1 amide bonds. The number of carbonyl (C=O) groups excluding carboxylic acids is 6. The smallest absolute Gasteiger partial charge is 0.329 e. The number of aliphatic hydroxyl groups excluding tert-OH is 1. The number of likely N-dealkylation sites (tertiary alicyclic amines) is 1. The molecular weight excluding hydrogens is 875 g/mol. The second kappa shape index (κ2) is 29.5. The van der Waals surface area contributed by atoms with Gasteiger partial charge in [-0.3, -0.25) is 24.0 Å². The first kappa shape index (κ1) is 58.6. The fraction of sp³-hybridized carbons (Fsp3) is 0.736. The van der Waals surface area contributed by atoms with Gasteiger partial charge in [0.25, 0.3) is 11.7 Å². The van der Waals surface area contributed by atoms with Crippen LogP contribution >= 0.6 is 0 Å². The summed E-state index contributed by atoms with van der Waals surface area (Å²) < 4.78 is 34.8. The van der Waals surface area contributed by atoms with Crippen molar-refractivity contribution in [2.75, 3.05) is 47.7 Å². The first-order chi connectivity index (χ1) is 32.3. The molecule has 0 aromatic heterocycles. The van der Waals surface area contributed by atoms with E-state index in [4.69, 9.17) is 28.4 Å². The Kier molecular flexibility index (Phi) is 25.4. The van der Waals surface area contributed by atoms with E-state index in [1.54, 1.807) is 41.1 Å². The Labute approximate surface area is 405 Å². The molecule has 3 rings (SSSR count). The molecule has 15 heteroatoms. The zero-order chi connectivity index (χ0) is 50.6. The number of Topliss-reactive ketones (excluding diaryl/α,β-unsaturated/α-hetero) is 3. The van der Waals surface area contributed by atoms with Crippen LogP contribution in [0.2, 0.25) is 0 Å². The number of piperidine rings is 1. The number of rotatable bonds is 28. The van der Waals surface area contributed by atoms with Crippen LogP contribution in [0.4, 0.5) is 0 Å². The fourth-order valence-corrected chi connectivity index (χ4v) is 9.81. The summed E-state index contributed by atoms with van der Waals surface area (Å²) in [7, 11) is 4.72. The summed E-state index contributed by atoms with van der Waals surface area (Å²) in [5.74, 6) is -6.83. The van der Waals surface area contributed by atoms with E-state index in [0.717, 1.165) is 18.4 Å². The van der Waals surface area contributed by atoms with E-state index in [0.29, 0.717) is 63.2 Å². The van der Waals surface area contributed by atoms with Gasteiger partial charge in [-0.25, -0.2) is 4.79 Å². The van der Waals surface area contributed by atoms with Crippen molar-refractivity contribution in [3.63, 3.8) is 0 Å². The number of ether oxygens (including phenoxy) is 6. The third-order valence-corrected chi connectivity index (χ3v) is 14.1. The number of carbonyl (C=O) groups is 6. The Hall–Kier alpha value is -3.70. The summed E-state index contributed by atoms with van der Waals surface area (Å²) in [5, 5.41) is 21.2. The molecule has 384 valence electrons. The van der Waals surface area contributed by atoms with Gasteiger partial charge in [0.1, 0.15) is 30.8 Å². The first-order valence-corrected chi connectivity index (χ1v) is 24.8. The van der Waals surface area contributed by atoms with Gasteiger partial charge in [-0.2, -0.15) is 0 Å². The number of hydrogen-bond donors (Lipinski definition) is 2. The Morgan fingerprint density at radius 3 is 2.29 bits per heavy atom. The van der Waals surface area contributed by atoms with Crippen LogP contribution in [-0.4, -0.2) is 141 Å². The summed E-state index contributed by atoms with van der Waals surface area (Å²) in [6.45, 7) is 13.1. The van der Waals surface area contributed by atoms with Gasteiger partial charge in [-0.1, -0.05) is 71.1 Å². The van der Waals surface area contributed by atoms with Crippen molar-refractivity contribution in [3.8, 4) is 0 Å². The zero-order valence-corrected chi connectivity index (χ0v) is 42.5. The van der Waals surface area contributed by atoms with Crippen LogP contribution in [0.15, 0.2) is 47.6 Å². The van der Waals surface area contributed by atoms with Crippen molar-refractivity contribution in [1.82, 2.24) is 4.90 Å². The van der Waals surface area contributed by atoms with Crippen LogP contribution in [-0.2, 0) is 57.2 Å². The molecule has 0 radical (unpaired) electrons. The highest BCUT2D eigenvalue weighted by Gasteiger charge is 2.53. The molecule has 3 fully saturated rings. The van der Waals surface area contributed by atoms with E-state index in [2.05, 4.69) is 6.92 Å². The van der Waals surface area contributed by atoms with Crippen LogP contribution in [0, 0.1) is 35.5 Å². The maximum Gasteiger partial charge on any atom is 0.329 e. The van der Waals surface area contributed by atoms with Crippen LogP contribution in [0.3, 0.4) is 0 Å². The molecule has 0 aromatic carbocycles. The largest absolute Gasteiger partial charge is 0.460 e. The van der Waals surface area contributed by atoms with Gasteiger partial charge >= 0.3 is 5.97 Å². The molecule has 0 unspecified atom stereocenters. The van der Waals surface area contributed by atoms with Crippen LogP contribution in [0.5, 0.6) is 0 Å². The molecule has 3 aliphatic rings. The highest BCUT2D eigenvalue weighted by molar-refractivity contribution is 6.39. The third-order valence-electron chi connectivity index (χ3n) is 14.1. The van der Waals surface area contributed by atoms with Gasteiger partial charge in [0.15, 0.2) is 5.78 Å². The lowest BCUT2D eigenvalue weighted by molar-refractivity contribution is -0.265. The van der Waals surface area contributed by atoms with Crippen molar-refractivity contribution in [3.05, 3.63) is 47.6 Å². The highest BCUT2D eigenvalue weighted by Crippen LogP contribution is 2.38. The number of aldehydes is 1. The number of amides is 1. The van der Waals surface area contributed by atoms with E-state index in [1.807, 2.05) is 51.2 Å². The minimum Gasteiger partial charge on any atom is -0.460 e. The van der Waals surface area contributed by atoms with Crippen LogP contribution in [0.25, 0.3) is 0 Å². The zero-order valence-electron chi connectivity index (χ0n) is 42.5. The second-order valence-corrected chi connectivity index (χ2v) is 19.7. The van der Waals surface area contributed by atoms with Crippen molar-refractivity contribution in [2.24, 2.45) is 35.5 Å². The normalized spacial score (nSPS) is 27.9. The number of hydrogen-bond acceptors (Lipinski definition) is 14. The summed E-state index contributed by atoms with van der Waals surface area (Å²) in [6.07, 6.45) is 15.7. The molecule has 15 nitrogen and oxygen atoms in total. The Balaban J connectivity index is 1.74. The quantitative estimate of drug-likeness (QED) is 0.0277. The number of ketones is 3. The topological polar surface area (TPSA) is 201 Å². The predicted octanol–water partition coefficient (Wildman–Crippen LogP) is 6.65. The van der Waals surface area contributed by atoms with E-state index in [9.17, 15) is 39.0 Å². The van der Waals surface area contributed by atoms with Crippen molar-refractivity contribution < 1.29 is 67.4 Å². The average Bonchev–Trinajstić information content (AvgIpc) is 3.32. The third kappa shape index (κ3) is 17.6. The van der Waals surface area contributed by atoms with Gasteiger partial charge in [0.05, 0.1) is 37.6 Å². The Morgan fingerprint density at radius 1 is 0.897 bits per heavy atom. The Morgan fingerprint density at radius 2 is 1.63 bits per heavy atom. The summed E-state index contributed by atoms with van der Waals surface area (Å²) in [4.78, 5) is 81.0. The van der Waals surface area contributed by atoms with Crippen LogP contribution < -0.4 is 0 Å². The molecular formula is C53H83NO14. The number of esters is 1. The molecule has 1 aliphatic carbocycles. The van der Waals surface area contributed by atoms with E-state index < -0.39 is 59.6 Å². The van der Waals surface area contributed by atoms with Gasteiger partial charge in [0, 0.05) is 58.5 Å².